The molecule has 1 aromatic rings. The number of thioether (sulfide) groups is 1. The molecular weight excluding hydrogens is 301 g/mol. The monoisotopic (exact) mass is 307 g/mol. The summed E-state index contributed by atoms with van der Waals surface area (Å²) < 4.78 is 85.4. The Balaban J connectivity index is 3.03. The molecule has 2 N–H and O–H groups in total. The average molecular weight is 307 g/mol. The average Bonchev–Trinajstić information content (AvgIpc) is 2.27. The van der Waals surface area contributed by atoms with Crippen LogP contribution < -0.4 is 5.14 Å². The lowest BCUT2D eigenvalue weighted by Crippen LogP contribution is -2.18. The van der Waals surface area contributed by atoms with E-state index in [-0.39, 0.29) is 11.8 Å². The minimum Gasteiger partial charge on any atom is -0.229 e. The Morgan fingerprint density at radius 2 is 1.28 bits per heavy atom. The highest BCUT2D eigenvalue weighted by atomic mass is 32.2. The summed E-state index contributed by atoms with van der Waals surface area (Å²) in [5.74, 6) is -11.5. The molecule has 0 aliphatic heterocycles. The molecule has 0 saturated carbocycles. The second-order valence-corrected chi connectivity index (χ2v) is 5.95. The van der Waals surface area contributed by atoms with Gasteiger partial charge < -0.3 is 0 Å². The largest absolute Gasteiger partial charge is 0.229 e. The Morgan fingerprint density at radius 3 is 1.67 bits per heavy atom. The van der Waals surface area contributed by atoms with E-state index in [9.17, 15) is 30.4 Å². The summed E-state index contributed by atoms with van der Waals surface area (Å²) in [7, 11) is -3.88. The summed E-state index contributed by atoms with van der Waals surface area (Å²) in [5.41, 5.74) is 0. The molecule has 0 unspecified atom stereocenters. The van der Waals surface area contributed by atoms with Crippen LogP contribution >= 0.6 is 11.8 Å². The van der Waals surface area contributed by atoms with E-state index in [1.807, 2.05) is 0 Å². The van der Waals surface area contributed by atoms with Crippen molar-refractivity contribution in [3.63, 3.8) is 0 Å². The predicted octanol–water partition coefficient (Wildman–Crippen LogP) is 1.76. The first-order valence-electron chi connectivity index (χ1n) is 4.30. The standard InChI is InChI=1S/C8H6F5NO2S2/c9-3-4(10)6(12)8(7(13)5(3)11)17-1-2-18(14,15)16/h1-2H2,(H2,14,15,16). The summed E-state index contributed by atoms with van der Waals surface area (Å²) in [6, 6.07) is 0. The van der Waals surface area contributed by atoms with Gasteiger partial charge in [0.25, 0.3) is 0 Å². The molecule has 0 fully saturated rings. The zero-order valence-corrected chi connectivity index (χ0v) is 10.1. The molecule has 1 aromatic carbocycles. The van der Waals surface area contributed by atoms with Gasteiger partial charge in [-0.1, -0.05) is 0 Å². The van der Waals surface area contributed by atoms with E-state index in [4.69, 9.17) is 0 Å². The van der Waals surface area contributed by atoms with Crippen LogP contribution in [0.25, 0.3) is 0 Å². The lowest BCUT2D eigenvalue weighted by atomic mass is 10.3. The van der Waals surface area contributed by atoms with Gasteiger partial charge in [-0.05, 0) is 0 Å². The second-order valence-electron chi connectivity index (χ2n) is 3.11. The molecule has 0 saturated heterocycles. The summed E-state index contributed by atoms with van der Waals surface area (Å²) in [4.78, 5) is -1.13. The highest BCUT2D eigenvalue weighted by Crippen LogP contribution is 2.30. The van der Waals surface area contributed by atoms with Crippen LogP contribution in [0.3, 0.4) is 0 Å². The van der Waals surface area contributed by atoms with Gasteiger partial charge in [0.15, 0.2) is 23.3 Å². The van der Waals surface area contributed by atoms with E-state index in [2.05, 4.69) is 5.14 Å². The van der Waals surface area contributed by atoms with Gasteiger partial charge in [-0.3, -0.25) is 0 Å². The lowest BCUT2D eigenvalue weighted by Gasteiger charge is -2.07. The van der Waals surface area contributed by atoms with Crippen molar-refractivity contribution in [2.45, 2.75) is 4.90 Å². The van der Waals surface area contributed by atoms with Crippen LogP contribution in [0.2, 0.25) is 0 Å². The van der Waals surface area contributed by atoms with Crippen LogP contribution in [0.5, 0.6) is 0 Å². The third-order valence-corrected chi connectivity index (χ3v) is 3.87. The summed E-state index contributed by atoms with van der Waals surface area (Å²) >= 11 is 0.182. The molecule has 0 radical (unpaired) electrons. The molecule has 18 heavy (non-hydrogen) atoms. The van der Waals surface area contributed by atoms with Gasteiger partial charge in [0.05, 0.1) is 10.6 Å². The third kappa shape index (κ3) is 3.33. The van der Waals surface area contributed by atoms with Crippen molar-refractivity contribution in [1.82, 2.24) is 0 Å². The minimum atomic E-state index is -3.88. The maximum atomic E-state index is 13.1. The van der Waals surface area contributed by atoms with E-state index >= 15 is 0 Å². The highest BCUT2D eigenvalue weighted by molar-refractivity contribution is 8.00. The van der Waals surface area contributed by atoms with Crippen LogP contribution in [0.4, 0.5) is 22.0 Å². The molecule has 0 atom stereocenters. The topological polar surface area (TPSA) is 60.2 Å². The maximum absolute atomic E-state index is 13.1. The van der Waals surface area contributed by atoms with Crippen molar-refractivity contribution in [3.8, 4) is 0 Å². The first-order valence-corrected chi connectivity index (χ1v) is 7.00. The summed E-state index contributed by atoms with van der Waals surface area (Å²) in [5, 5.41) is 4.62. The van der Waals surface area contributed by atoms with E-state index < -0.39 is 55.5 Å². The maximum Gasteiger partial charge on any atom is 0.209 e. The molecule has 0 heterocycles. The smallest absolute Gasteiger partial charge is 0.209 e. The van der Waals surface area contributed by atoms with E-state index in [0.717, 1.165) is 0 Å². The van der Waals surface area contributed by atoms with Crippen LogP contribution in [0.15, 0.2) is 4.90 Å². The number of sulfonamides is 1. The lowest BCUT2D eigenvalue weighted by molar-refractivity contribution is 0.361. The van der Waals surface area contributed by atoms with Crippen LogP contribution in [-0.4, -0.2) is 19.9 Å². The number of halogens is 5. The molecule has 3 nitrogen and oxygen atoms in total. The van der Waals surface area contributed by atoms with Gasteiger partial charge in [0, 0.05) is 5.75 Å². The van der Waals surface area contributed by atoms with Gasteiger partial charge >= 0.3 is 0 Å². The Morgan fingerprint density at radius 1 is 0.889 bits per heavy atom. The Hall–Kier alpha value is -0.870. The van der Waals surface area contributed by atoms with Gasteiger partial charge in [-0.2, -0.15) is 0 Å². The normalized spacial score (nSPS) is 11.9. The first kappa shape index (κ1) is 15.2. The Bertz CT molecular complexity index is 546. The molecular formula is C8H6F5NO2S2. The third-order valence-electron chi connectivity index (χ3n) is 1.78. The molecule has 102 valence electrons. The molecule has 0 bridgehead atoms. The molecule has 0 aliphatic carbocycles. The van der Waals surface area contributed by atoms with Gasteiger partial charge in [0.1, 0.15) is 0 Å². The molecule has 1 rings (SSSR count). The Labute approximate surface area is 103 Å². The second kappa shape index (κ2) is 5.41. The van der Waals surface area contributed by atoms with Crippen molar-refractivity contribution in [2.75, 3.05) is 11.5 Å². The molecule has 0 aromatic heterocycles. The minimum absolute atomic E-state index is 0.182. The zero-order chi connectivity index (χ0) is 14.1. The van der Waals surface area contributed by atoms with E-state index in [0.29, 0.717) is 0 Å². The van der Waals surface area contributed by atoms with Gasteiger partial charge in [-0.15, -0.1) is 11.8 Å². The number of rotatable bonds is 4. The number of primary sulfonamides is 1. The van der Waals surface area contributed by atoms with Crippen molar-refractivity contribution < 1.29 is 30.4 Å². The van der Waals surface area contributed by atoms with Crippen molar-refractivity contribution in [1.29, 1.82) is 0 Å². The van der Waals surface area contributed by atoms with Gasteiger partial charge in [-0.25, -0.2) is 35.5 Å². The van der Waals surface area contributed by atoms with E-state index in [1.165, 1.54) is 0 Å². The molecule has 0 spiro atoms. The number of nitrogens with two attached hydrogens (primary N) is 1. The van der Waals surface area contributed by atoms with Crippen molar-refractivity contribution in [3.05, 3.63) is 29.1 Å². The number of benzene rings is 1. The fraction of sp³-hybridized carbons (Fsp3) is 0.250. The summed E-state index contributed by atoms with van der Waals surface area (Å²) in [6.07, 6.45) is 0. The zero-order valence-electron chi connectivity index (χ0n) is 8.51. The quantitative estimate of drug-likeness (QED) is 0.399. The number of hydrogen-bond donors (Lipinski definition) is 1. The first-order chi connectivity index (χ1) is 8.15. The highest BCUT2D eigenvalue weighted by Gasteiger charge is 2.25. The van der Waals surface area contributed by atoms with Crippen molar-refractivity contribution >= 4 is 21.8 Å². The predicted molar refractivity (Wildman–Crippen MR) is 54.9 cm³/mol. The molecule has 0 aliphatic rings. The fourth-order valence-electron chi connectivity index (χ4n) is 0.971. The fourth-order valence-corrected chi connectivity index (χ4v) is 2.87. The summed E-state index contributed by atoms with van der Waals surface area (Å²) in [6.45, 7) is 0. The number of hydrogen-bond acceptors (Lipinski definition) is 3. The van der Waals surface area contributed by atoms with Crippen molar-refractivity contribution in [2.24, 2.45) is 5.14 Å². The SMILES string of the molecule is NS(=O)(=O)CCSc1c(F)c(F)c(F)c(F)c1F. The van der Waals surface area contributed by atoms with Crippen LogP contribution in [0, 0.1) is 29.1 Å². The molecule has 10 heteroatoms. The van der Waals surface area contributed by atoms with Crippen LogP contribution in [-0.2, 0) is 10.0 Å². The van der Waals surface area contributed by atoms with Crippen LogP contribution in [0.1, 0.15) is 0 Å². The molecule has 0 amide bonds. The van der Waals surface area contributed by atoms with E-state index in [1.54, 1.807) is 0 Å². The Kier molecular flexibility index (Phi) is 4.56. The van der Waals surface area contributed by atoms with Gasteiger partial charge in [0.2, 0.25) is 15.8 Å².